The smallest absolute Gasteiger partial charge is 0.338 e. The van der Waals surface area contributed by atoms with E-state index >= 15 is 0 Å². The van der Waals surface area contributed by atoms with E-state index in [1.807, 2.05) is 12.1 Å². The Labute approximate surface area is 166 Å². The summed E-state index contributed by atoms with van der Waals surface area (Å²) < 4.78 is 37.7. The van der Waals surface area contributed by atoms with Crippen molar-refractivity contribution in [2.45, 2.75) is 37.7 Å². The van der Waals surface area contributed by atoms with Gasteiger partial charge in [0.25, 0.3) is 0 Å². The molecule has 150 valence electrons. The normalized spacial score (nSPS) is 15.2. The third-order valence-corrected chi connectivity index (χ3v) is 6.81. The fourth-order valence-corrected chi connectivity index (χ4v) is 4.73. The zero-order chi connectivity index (χ0) is 20.1. The first-order valence-corrected chi connectivity index (χ1v) is 10.8. The van der Waals surface area contributed by atoms with Gasteiger partial charge in [-0.2, -0.15) is 4.31 Å². The molecule has 1 fully saturated rings. The first kappa shape index (κ1) is 20.4. The van der Waals surface area contributed by atoms with Gasteiger partial charge in [0.2, 0.25) is 10.0 Å². The maximum Gasteiger partial charge on any atom is 0.338 e. The molecule has 28 heavy (non-hydrogen) atoms. The summed E-state index contributed by atoms with van der Waals surface area (Å²) in [5.41, 5.74) is 1.77. The molecule has 3 rings (SSSR count). The molecule has 1 aliphatic rings. The zero-order valence-corrected chi connectivity index (χ0v) is 17.0. The minimum Gasteiger partial charge on any atom is -0.497 e. The third-order valence-electron chi connectivity index (χ3n) is 4.91. The highest BCUT2D eigenvalue weighted by molar-refractivity contribution is 7.89. The molecule has 0 amide bonds. The van der Waals surface area contributed by atoms with Crippen LogP contribution in [0.15, 0.2) is 47.4 Å². The molecule has 0 saturated carbocycles. The second-order valence-electron chi connectivity index (χ2n) is 6.87. The van der Waals surface area contributed by atoms with Gasteiger partial charge in [0.15, 0.2) is 0 Å². The lowest BCUT2D eigenvalue weighted by Crippen LogP contribution is -2.35. The van der Waals surface area contributed by atoms with Crippen LogP contribution in [-0.2, 0) is 21.4 Å². The van der Waals surface area contributed by atoms with E-state index in [0.717, 1.165) is 30.6 Å². The Morgan fingerprint density at radius 3 is 2.36 bits per heavy atom. The highest BCUT2D eigenvalue weighted by Gasteiger charge is 2.27. The van der Waals surface area contributed by atoms with Crippen molar-refractivity contribution >= 4 is 16.0 Å². The van der Waals surface area contributed by atoms with E-state index in [2.05, 4.69) is 0 Å². The average molecular weight is 404 g/mol. The average Bonchev–Trinajstić information content (AvgIpc) is 2.73. The van der Waals surface area contributed by atoms with Crippen LogP contribution in [0.4, 0.5) is 0 Å². The Bertz CT molecular complexity index is 932. The summed E-state index contributed by atoms with van der Waals surface area (Å²) in [6.07, 6.45) is 2.77. The molecule has 1 heterocycles. The number of nitrogens with zero attached hydrogens (tertiary/aromatic N) is 1. The number of piperidine rings is 1. The molecule has 1 saturated heterocycles. The summed E-state index contributed by atoms with van der Waals surface area (Å²) >= 11 is 0. The first-order chi connectivity index (χ1) is 13.4. The molecule has 0 radical (unpaired) electrons. The van der Waals surface area contributed by atoms with Crippen LogP contribution >= 0.6 is 0 Å². The van der Waals surface area contributed by atoms with Crippen LogP contribution in [0.3, 0.4) is 0 Å². The van der Waals surface area contributed by atoms with Gasteiger partial charge in [-0.1, -0.05) is 24.6 Å². The Balaban J connectivity index is 1.75. The fourth-order valence-electron chi connectivity index (χ4n) is 3.18. The minimum absolute atomic E-state index is 0.103. The van der Waals surface area contributed by atoms with Gasteiger partial charge in [0.05, 0.1) is 17.6 Å². The van der Waals surface area contributed by atoms with Gasteiger partial charge < -0.3 is 9.47 Å². The number of methoxy groups -OCH3 is 1. The van der Waals surface area contributed by atoms with Gasteiger partial charge in [-0.3, -0.25) is 0 Å². The predicted octanol–water partition coefficient (Wildman–Crippen LogP) is 3.54. The molecule has 6 nitrogen and oxygen atoms in total. The third kappa shape index (κ3) is 4.54. The van der Waals surface area contributed by atoms with Crippen LogP contribution in [0.25, 0.3) is 0 Å². The molecule has 7 heteroatoms. The van der Waals surface area contributed by atoms with Crippen molar-refractivity contribution < 1.29 is 22.7 Å². The molecule has 0 aromatic heterocycles. The SMILES string of the molecule is COc1ccc(COC(=O)c2cc(S(=O)(=O)N3CCCCC3)ccc2C)cc1. The van der Waals surface area contributed by atoms with Crippen LogP contribution < -0.4 is 4.74 Å². The Hall–Kier alpha value is -2.38. The number of aryl methyl sites for hydroxylation is 1. The standard InChI is InChI=1S/C21H25NO5S/c1-16-6-11-19(28(24,25)22-12-4-3-5-13-22)14-20(16)21(23)27-15-17-7-9-18(26-2)10-8-17/h6-11,14H,3-5,12-13,15H2,1-2H3. The predicted molar refractivity (Wildman–Crippen MR) is 106 cm³/mol. The largest absolute Gasteiger partial charge is 0.497 e. The molecule has 2 aromatic rings. The van der Waals surface area contributed by atoms with Crippen molar-refractivity contribution in [1.29, 1.82) is 0 Å². The molecule has 0 N–H and O–H groups in total. The zero-order valence-electron chi connectivity index (χ0n) is 16.2. The molecule has 1 aliphatic heterocycles. The molecule has 0 spiro atoms. The van der Waals surface area contributed by atoms with Crippen molar-refractivity contribution in [1.82, 2.24) is 4.31 Å². The van der Waals surface area contributed by atoms with Gasteiger partial charge in [-0.15, -0.1) is 0 Å². The van der Waals surface area contributed by atoms with Gasteiger partial charge in [-0.05, 0) is 55.2 Å². The summed E-state index contributed by atoms with van der Waals surface area (Å²) in [5.74, 6) is 0.186. The number of esters is 1. The van der Waals surface area contributed by atoms with Crippen LogP contribution in [-0.4, -0.2) is 38.9 Å². The lowest BCUT2D eigenvalue weighted by atomic mass is 10.1. The Kier molecular flexibility index (Phi) is 6.36. The van der Waals surface area contributed by atoms with Gasteiger partial charge in [0.1, 0.15) is 12.4 Å². The number of benzene rings is 2. The highest BCUT2D eigenvalue weighted by Crippen LogP contribution is 2.23. The monoisotopic (exact) mass is 403 g/mol. The number of sulfonamides is 1. The summed E-state index contributed by atoms with van der Waals surface area (Å²) in [6, 6.07) is 11.9. The lowest BCUT2D eigenvalue weighted by molar-refractivity contribution is 0.0471. The molecule has 2 aromatic carbocycles. The van der Waals surface area contributed by atoms with Crippen LogP contribution in [0.2, 0.25) is 0 Å². The van der Waals surface area contributed by atoms with E-state index in [1.54, 1.807) is 38.3 Å². The van der Waals surface area contributed by atoms with Gasteiger partial charge >= 0.3 is 5.97 Å². The molecular weight excluding hydrogens is 378 g/mol. The van der Waals surface area contributed by atoms with E-state index in [9.17, 15) is 13.2 Å². The number of carbonyl (C=O) groups is 1. The first-order valence-electron chi connectivity index (χ1n) is 9.32. The van der Waals surface area contributed by atoms with E-state index < -0.39 is 16.0 Å². The molecule has 0 atom stereocenters. The second-order valence-corrected chi connectivity index (χ2v) is 8.80. The van der Waals surface area contributed by atoms with Gasteiger partial charge in [0, 0.05) is 13.1 Å². The van der Waals surface area contributed by atoms with E-state index in [0.29, 0.717) is 18.7 Å². The van der Waals surface area contributed by atoms with E-state index in [1.165, 1.54) is 10.4 Å². The van der Waals surface area contributed by atoms with Crippen molar-refractivity contribution in [2.24, 2.45) is 0 Å². The maximum atomic E-state index is 12.9. The van der Waals surface area contributed by atoms with Crippen molar-refractivity contribution in [3.63, 3.8) is 0 Å². The number of ether oxygens (including phenoxy) is 2. The maximum absolute atomic E-state index is 12.9. The molecule has 0 bridgehead atoms. The summed E-state index contributed by atoms with van der Waals surface area (Å²) in [7, 11) is -2.01. The summed E-state index contributed by atoms with van der Waals surface area (Å²) in [5, 5.41) is 0. The molecular formula is C21H25NO5S. The topological polar surface area (TPSA) is 72.9 Å². The number of carbonyl (C=O) groups excluding carboxylic acids is 1. The molecule has 0 unspecified atom stereocenters. The van der Waals surface area contributed by atoms with E-state index in [4.69, 9.17) is 9.47 Å². The summed E-state index contributed by atoms with van der Waals surface area (Å²) in [6.45, 7) is 2.91. The van der Waals surface area contributed by atoms with Crippen LogP contribution in [0, 0.1) is 6.92 Å². The highest BCUT2D eigenvalue weighted by atomic mass is 32.2. The second kappa shape index (κ2) is 8.75. The van der Waals surface area contributed by atoms with Crippen molar-refractivity contribution in [3.05, 3.63) is 59.2 Å². The van der Waals surface area contributed by atoms with Crippen LogP contribution in [0.1, 0.15) is 40.7 Å². The van der Waals surface area contributed by atoms with Crippen molar-refractivity contribution in [3.8, 4) is 5.75 Å². The quantitative estimate of drug-likeness (QED) is 0.690. The van der Waals surface area contributed by atoms with Gasteiger partial charge in [-0.25, -0.2) is 13.2 Å². The number of rotatable bonds is 6. The summed E-state index contributed by atoms with van der Waals surface area (Å²) in [4.78, 5) is 12.7. The van der Waals surface area contributed by atoms with E-state index in [-0.39, 0.29) is 17.1 Å². The Morgan fingerprint density at radius 2 is 1.71 bits per heavy atom. The molecule has 0 aliphatic carbocycles. The fraction of sp³-hybridized carbons (Fsp3) is 0.381. The number of hydrogen-bond acceptors (Lipinski definition) is 5. The van der Waals surface area contributed by atoms with Crippen LogP contribution in [0.5, 0.6) is 5.75 Å². The minimum atomic E-state index is -3.60. The lowest BCUT2D eigenvalue weighted by Gasteiger charge is -2.26. The van der Waals surface area contributed by atoms with Crippen molar-refractivity contribution in [2.75, 3.05) is 20.2 Å². The number of hydrogen-bond donors (Lipinski definition) is 0. The Morgan fingerprint density at radius 1 is 1.04 bits per heavy atom.